The number of amides is 3. The number of carbonyl (C=O) groups is 3. The van der Waals surface area contributed by atoms with E-state index in [1.807, 2.05) is 30.3 Å². The van der Waals surface area contributed by atoms with Crippen LogP contribution < -0.4 is 10.6 Å². The Morgan fingerprint density at radius 3 is 2.20 bits per heavy atom. The minimum Gasteiger partial charge on any atom is -0.368 e. The molecule has 3 atom stereocenters. The molecule has 2 aliphatic heterocycles. The van der Waals surface area contributed by atoms with E-state index < -0.39 is 29.9 Å². The number of rotatable bonds is 4. The van der Waals surface area contributed by atoms with Crippen molar-refractivity contribution >= 4 is 23.4 Å². The minimum absolute atomic E-state index is 0.0244. The van der Waals surface area contributed by atoms with E-state index in [0.29, 0.717) is 5.69 Å². The third-order valence-corrected chi connectivity index (χ3v) is 5.64. The highest BCUT2D eigenvalue weighted by Crippen LogP contribution is 2.45. The maximum atomic E-state index is 13.3. The molecular weight excluding hydrogens is 382 g/mol. The summed E-state index contributed by atoms with van der Waals surface area (Å²) < 4.78 is 0. The van der Waals surface area contributed by atoms with Crippen LogP contribution in [0.3, 0.4) is 0 Å². The highest BCUT2D eigenvalue weighted by atomic mass is 16.7. The van der Waals surface area contributed by atoms with Crippen molar-refractivity contribution in [3.63, 3.8) is 0 Å². The van der Waals surface area contributed by atoms with Gasteiger partial charge in [-0.1, -0.05) is 63.2 Å². The van der Waals surface area contributed by atoms with Crippen LogP contribution in [0, 0.1) is 5.92 Å². The predicted molar refractivity (Wildman–Crippen MR) is 111 cm³/mol. The fraction of sp³-hybridized carbons (Fsp3) is 0.348. The van der Waals surface area contributed by atoms with Crippen LogP contribution in [0.15, 0.2) is 54.6 Å². The summed E-state index contributed by atoms with van der Waals surface area (Å²) in [7, 11) is 0. The van der Waals surface area contributed by atoms with Crippen LogP contribution in [0.5, 0.6) is 0 Å². The monoisotopic (exact) mass is 407 g/mol. The first-order chi connectivity index (χ1) is 14.2. The van der Waals surface area contributed by atoms with E-state index in [4.69, 9.17) is 10.6 Å². The summed E-state index contributed by atoms with van der Waals surface area (Å²) in [5, 5.41) is 1.38. The summed E-state index contributed by atoms with van der Waals surface area (Å²) in [6.07, 6.45) is -0.982. The van der Waals surface area contributed by atoms with Crippen LogP contribution >= 0.6 is 0 Å². The number of anilines is 1. The van der Waals surface area contributed by atoms with E-state index in [9.17, 15) is 14.4 Å². The van der Waals surface area contributed by atoms with Gasteiger partial charge in [-0.3, -0.25) is 19.2 Å². The van der Waals surface area contributed by atoms with Gasteiger partial charge in [-0.05, 0) is 28.7 Å². The lowest BCUT2D eigenvalue weighted by Crippen LogP contribution is -2.40. The zero-order valence-electron chi connectivity index (χ0n) is 17.2. The number of imide groups is 1. The van der Waals surface area contributed by atoms with E-state index in [2.05, 4.69) is 20.8 Å². The molecule has 0 spiro atoms. The van der Waals surface area contributed by atoms with Crippen molar-refractivity contribution in [2.24, 2.45) is 11.7 Å². The van der Waals surface area contributed by atoms with Crippen molar-refractivity contribution in [1.29, 1.82) is 0 Å². The molecule has 156 valence electrons. The Morgan fingerprint density at radius 1 is 1.00 bits per heavy atom. The molecule has 2 N–H and O–H groups in total. The number of nitrogens with zero attached hydrogens (tertiary/aromatic N) is 2. The van der Waals surface area contributed by atoms with Crippen molar-refractivity contribution in [1.82, 2.24) is 5.06 Å². The average Bonchev–Trinajstić information content (AvgIpc) is 3.17. The van der Waals surface area contributed by atoms with Crippen molar-refractivity contribution in [3.8, 4) is 0 Å². The Hall–Kier alpha value is -3.03. The van der Waals surface area contributed by atoms with Crippen LogP contribution in [-0.2, 0) is 24.6 Å². The van der Waals surface area contributed by atoms with E-state index in [0.717, 1.165) is 11.1 Å². The third-order valence-electron chi connectivity index (χ3n) is 5.64. The van der Waals surface area contributed by atoms with Gasteiger partial charge in [0.2, 0.25) is 11.8 Å². The molecule has 2 heterocycles. The van der Waals surface area contributed by atoms with E-state index in [1.54, 1.807) is 24.3 Å². The second-order valence-corrected chi connectivity index (χ2v) is 8.76. The van der Waals surface area contributed by atoms with E-state index >= 15 is 0 Å². The molecule has 7 nitrogen and oxygen atoms in total. The van der Waals surface area contributed by atoms with Gasteiger partial charge >= 0.3 is 0 Å². The van der Waals surface area contributed by atoms with Crippen molar-refractivity contribution in [2.45, 2.75) is 38.3 Å². The van der Waals surface area contributed by atoms with Crippen molar-refractivity contribution in [3.05, 3.63) is 65.7 Å². The fourth-order valence-electron chi connectivity index (χ4n) is 4.14. The van der Waals surface area contributed by atoms with Gasteiger partial charge in [0.15, 0.2) is 6.10 Å². The first-order valence-corrected chi connectivity index (χ1v) is 9.93. The van der Waals surface area contributed by atoms with Crippen molar-refractivity contribution in [2.75, 3.05) is 11.4 Å². The summed E-state index contributed by atoms with van der Waals surface area (Å²) in [5.41, 5.74) is 7.82. The number of primary amides is 1. The molecule has 2 saturated heterocycles. The smallest absolute Gasteiger partial charge is 0.265 e. The van der Waals surface area contributed by atoms with Gasteiger partial charge in [-0.2, -0.15) is 5.06 Å². The number of hydroxylamine groups is 2. The average molecular weight is 407 g/mol. The Labute approximate surface area is 175 Å². The molecule has 0 radical (unpaired) electrons. The lowest BCUT2D eigenvalue weighted by atomic mass is 9.84. The molecule has 3 unspecified atom stereocenters. The van der Waals surface area contributed by atoms with Crippen LogP contribution in [0.4, 0.5) is 5.69 Å². The third kappa shape index (κ3) is 3.40. The highest BCUT2D eigenvalue weighted by molar-refractivity contribution is 6.23. The number of hydrogen-bond donors (Lipinski definition) is 1. The van der Waals surface area contributed by atoms with Gasteiger partial charge in [0.05, 0.1) is 17.6 Å². The van der Waals surface area contributed by atoms with Gasteiger partial charge in [0.1, 0.15) is 6.54 Å². The molecule has 0 bridgehead atoms. The number of hydrogen-bond acceptors (Lipinski definition) is 5. The molecule has 0 aromatic heterocycles. The van der Waals surface area contributed by atoms with Crippen LogP contribution in [0.2, 0.25) is 0 Å². The van der Waals surface area contributed by atoms with Gasteiger partial charge < -0.3 is 5.73 Å². The first-order valence-electron chi connectivity index (χ1n) is 9.93. The number of carbonyl (C=O) groups excluding carboxylic acids is 3. The van der Waals surface area contributed by atoms with E-state index in [-0.39, 0.29) is 17.9 Å². The number of para-hydroxylation sites is 1. The van der Waals surface area contributed by atoms with E-state index in [1.165, 1.54) is 9.96 Å². The maximum Gasteiger partial charge on any atom is 0.265 e. The largest absolute Gasteiger partial charge is 0.368 e. The number of fused-ring (bicyclic) bond motifs is 1. The Morgan fingerprint density at radius 2 is 1.63 bits per heavy atom. The molecule has 0 aliphatic carbocycles. The normalized spacial score (nSPS) is 24.4. The second kappa shape index (κ2) is 7.34. The summed E-state index contributed by atoms with van der Waals surface area (Å²) >= 11 is 0. The number of nitrogens with two attached hydrogens (primary N) is 1. The molecule has 7 heteroatoms. The molecular formula is C23H25N3O4. The van der Waals surface area contributed by atoms with Gasteiger partial charge in [0, 0.05) is 0 Å². The van der Waals surface area contributed by atoms with Gasteiger partial charge in [-0.25, -0.2) is 4.90 Å². The Kier molecular flexibility index (Phi) is 4.95. The Balaban J connectivity index is 1.72. The zero-order chi connectivity index (χ0) is 21.6. The van der Waals surface area contributed by atoms with Crippen LogP contribution in [-0.4, -0.2) is 35.4 Å². The predicted octanol–water partition coefficient (Wildman–Crippen LogP) is 2.32. The molecule has 4 rings (SSSR count). The van der Waals surface area contributed by atoms with Gasteiger partial charge in [-0.15, -0.1) is 0 Å². The lowest BCUT2D eigenvalue weighted by molar-refractivity contribution is -0.175. The molecule has 2 aliphatic rings. The topological polar surface area (TPSA) is 92.9 Å². The van der Waals surface area contributed by atoms with Gasteiger partial charge in [0.25, 0.3) is 5.91 Å². The summed E-state index contributed by atoms with van der Waals surface area (Å²) in [6.45, 7) is 6.15. The van der Waals surface area contributed by atoms with Crippen LogP contribution in [0.25, 0.3) is 0 Å². The van der Waals surface area contributed by atoms with Crippen molar-refractivity contribution < 1.29 is 19.2 Å². The number of benzene rings is 2. The Bertz CT molecular complexity index is 982. The molecule has 2 aromatic carbocycles. The standard InChI is InChI=1S/C23H25N3O4/c1-23(2,3)15-11-9-14(10-12-15)19-18-20(30-25(19)13-17(24)27)22(29)26(21(18)28)16-7-5-4-6-8-16/h4-12,18-20H,13H2,1-3H3,(H2,24,27). The molecule has 2 fully saturated rings. The summed E-state index contributed by atoms with van der Waals surface area (Å²) in [5.74, 6) is -2.11. The zero-order valence-corrected chi connectivity index (χ0v) is 17.2. The molecule has 30 heavy (non-hydrogen) atoms. The molecule has 0 saturated carbocycles. The maximum absolute atomic E-state index is 13.3. The summed E-state index contributed by atoms with van der Waals surface area (Å²) in [6, 6.07) is 16.1. The fourth-order valence-corrected chi connectivity index (χ4v) is 4.14. The second-order valence-electron chi connectivity index (χ2n) is 8.76. The quantitative estimate of drug-likeness (QED) is 0.785. The first kappa shape index (κ1) is 20.3. The highest BCUT2D eigenvalue weighted by Gasteiger charge is 2.60. The minimum atomic E-state index is -0.982. The summed E-state index contributed by atoms with van der Waals surface area (Å²) in [4.78, 5) is 44.9. The lowest BCUT2D eigenvalue weighted by Gasteiger charge is -2.27. The SMILES string of the molecule is CC(C)(C)c1ccc(C2C3C(=O)N(c4ccccc4)C(=O)C3ON2CC(N)=O)cc1. The molecule has 2 aromatic rings. The molecule has 3 amide bonds. The van der Waals surface area contributed by atoms with Crippen LogP contribution in [0.1, 0.15) is 37.9 Å².